The molecule has 0 saturated carbocycles. The molecule has 3 N–H and O–H groups in total. The van der Waals surface area contributed by atoms with Crippen LogP contribution in [0.2, 0.25) is 0 Å². The van der Waals surface area contributed by atoms with Gasteiger partial charge in [-0.25, -0.2) is 0 Å². The molecular formula is C13H21N3O. The molecule has 0 amide bonds. The van der Waals surface area contributed by atoms with Crippen LogP contribution in [0.5, 0.6) is 0 Å². The van der Waals surface area contributed by atoms with Crippen LogP contribution in [-0.2, 0) is 0 Å². The highest BCUT2D eigenvalue weighted by molar-refractivity contribution is 5.18. The predicted molar refractivity (Wildman–Crippen MR) is 67.4 cm³/mol. The molecule has 1 aliphatic heterocycles. The molecule has 1 fully saturated rings. The molecule has 2 rings (SSSR count). The second-order valence-corrected chi connectivity index (χ2v) is 5.30. The Labute approximate surface area is 102 Å². The van der Waals surface area contributed by atoms with E-state index in [-0.39, 0.29) is 12.1 Å². The molecule has 1 aliphatic rings. The van der Waals surface area contributed by atoms with E-state index in [2.05, 4.69) is 9.88 Å². The average molecular weight is 235 g/mol. The zero-order valence-corrected chi connectivity index (χ0v) is 10.5. The number of hydrogen-bond acceptors (Lipinski definition) is 4. The van der Waals surface area contributed by atoms with Crippen LogP contribution in [0.1, 0.15) is 31.9 Å². The van der Waals surface area contributed by atoms with Crippen LogP contribution >= 0.6 is 0 Å². The van der Waals surface area contributed by atoms with Crippen molar-refractivity contribution < 1.29 is 5.11 Å². The van der Waals surface area contributed by atoms with Crippen molar-refractivity contribution in [3.8, 4) is 0 Å². The van der Waals surface area contributed by atoms with E-state index in [0.717, 1.165) is 13.0 Å². The number of hydrogen-bond donors (Lipinski definition) is 2. The summed E-state index contributed by atoms with van der Waals surface area (Å²) >= 11 is 0. The van der Waals surface area contributed by atoms with E-state index in [1.807, 2.05) is 26.0 Å². The lowest BCUT2D eigenvalue weighted by Crippen LogP contribution is -2.40. The molecule has 4 nitrogen and oxygen atoms in total. The van der Waals surface area contributed by atoms with E-state index >= 15 is 0 Å². The first-order valence-electron chi connectivity index (χ1n) is 6.11. The van der Waals surface area contributed by atoms with Crippen molar-refractivity contribution in [3.05, 3.63) is 30.1 Å². The van der Waals surface area contributed by atoms with E-state index in [9.17, 15) is 5.11 Å². The normalized spacial score (nSPS) is 29.2. The lowest BCUT2D eigenvalue weighted by atomic mass is 10.0. The van der Waals surface area contributed by atoms with Gasteiger partial charge in [-0.3, -0.25) is 9.88 Å². The molecule has 4 heteroatoms. The van der Waals surface area contributed by atoms with Crippen LogP contribution in [0.15, 0.2) is 24.5 Å². The third-order valence-corrected chi connectivity index (χ3v) is 3.42. The number of rotatable bonds is 3. The summed E-state index contributed by atoms with van der Waals surface area (Å²) in [5, 5.41) is 10.0. The SMILES string of the molecule is CC(N)C(c1ccncc1)N1CCC(C)(O)C1. The number of aliphatic hydroxyl groups is 1. The third-order valence-electron chi connectivity index (χ3n) is 3.42. The van der Waals surface area contributed by atoms with E-state index in [1.165, 1.54) is 5.56 Å². The molecule has 3 unspecified atom stereocenters. The minimum atomic E-state index is -0.583. The molecule has 0 bridgehead atoms. The number of likely N-dealkylation sites (tertiary alicyclic amines) is 1. The van der Waals surface area contributed by atoms with Gasteiger partial charge in [-0.15, -0.1) is 0 Å². The van der Waals surface area contributed by atoms with Crippen LogP contribution in [0.25, 0.3) is 0 Å². The lowest BCUT2D eigenvalue weighted by molar-refractivity contribution is 0.0601. The molecule has 2 heterocycles. The van der Waals surface area contributed by atoms with Crippen molar-refractivity contribution in [1.29, 1.82) is 0 Å². The lowest BCUT2D eigenvalue weighted by Gasteiger charge is -2.31. The molecule has 94 valence electrons. The minimum absolute atomic E-state index is 0.0336. The van der Waals surface area contributed by atoms with Crippen molar-refractivity contribution in [2.45, 2.75) is 38.0 Å². The van der Waals surface area contributed by atoms with Gasteiger partial charge in [-0.05, 0) is 38.0 Å². The third kappa shape index (κ3) is 2.83. The maximum atomic E-state index is 10.0. The first-order valence-corrected chi connectivity index (χ1v) is 6.11. The van der Waals surface area contributed by atoms with Gasteiger partial charge in [-0.1, -0.05) is 0 Å². The fraction of sp³-hybridized carbons (Fsp3) is 0.615. The Morgan fingerprint density at radius 2 is 2.12 bits per heavy atom. The highest BCUT2D eigenvalue weighted by atomic mass is 16.3. The zero-order valence-electron chi connectivity index (χ0n) is 10.5. The van der Waals surface area contributed by atoms with Gasteiger partial charge < -0.3 is 10.8 Å². The van der Waals surface area contributed by atoms with Gasteiger partial charge in [0.15, 0.2) is 0 Å². The second-order valence-electron chi connectivity index (χ2n) is 5.30. The summed E-state index contributed by atoms with van der Waals surface area (Å²) in [4.78, 5) is 6.30. The molecule has 3 atom stereocenters. The summed E-state index contributed by atoms with van der Waals surface area (Å²) in [5.41, 5.74) is 6.68. The van der Waals surface area contributed by atoms with E-state index in [0.29, 0.717) is 6.54 Å². The summed E-state index contributed by atoms with van der Waals surface area (Å²) in [6.07, 6.45) is 4.39. The largest absolute Gasteiger partial charge is 0.389 e. The van der Waals surface area contributed by atoms with Crippen molar-refractivity contribution in [1.82, 2.24) is 9.88 Å². The van der Waals surface area contributed by atoms with Gasteiger partial charge in [0, 0.05) is 37.6 Å². The first kappa shape index (κ1) is 12.5. The molecule has 17 heavy (non-hydrogen) atoms. The Morgan fingerprint density at radius 1 is 1.47 bits per heavy atom. The van der Waals surface area contributed by atoms with Crippen LogP contribution in [0, 0.1) is 0 Å². The highest BCUT2D eigenvalue weighted by Gasteiger charge is 2.36. The number of nitrogens with two attached hydrogens (primary N) is 1. The molecule has 1 aromatic rings. The Hall–Kier alpha value is -0.970. The van der Waals surface area contributed by atoms with Crippen molar-refractivity contribution >= 4 is 0 Å². The van der Waals surface area contributed by atoms with Crippen molar-refractivity contribution in [2.24, 2.45) is 5.73 Å². The number of aromatic nitrogens is 1. The molecule has 0 radical (unpaired) electrons. The summed E-state index contributed by atoms with van der Waals surface area (Å²) in [5.74, 6) is 0. The first-order chi connectivity index (χ1) is 7.99. The van der Waals surface area contributed by atoms with E-state index in [4.69, 9.17) is 5.73 Å². The molecule has 0 spiro atoms. The van der Waals surface area contributed by atoms with Crippen LogP contribution in [0.4, 0.5) is 0 Å². The summed E-state index contributed by atoms with van der Waals surface area (Å²) in [6, 6.07) is 4.19. The Balaban J connectivity index is 2.20. The molecule has 0 aromatic carbocycles. The van der Waals surface area contributed by atoms with Crippen LogP contribution < -0.4 is 5.73 Å². The summed E-state index contributed by atoms with van der Waals surface area (Å²) < 4.78 is 0. The van der Waals surface area contributed by atoms with Crippen LogP contribution in [-0.4, -0.2) is 39.7 Å². The maximum Gasteiger partial charge on any atom is 0.0758 e. The predicted octanol–water partition coefficient (Wildman–Crippen LogP) is 0.927. The van der Waals surface area contributed by atoms with Gasteiger partial charge in [0.2, 0.25) is 0 Å². The highest BCUT2D eigenvalue weighted by Crippen LogP contribution is 2.30. The van der Waals surface area contributed by atoms with Gasteiger partial charge in [0.05, 0.1) is 5.60 Å². The average Bonchev–Trinajstić information content (AvgIpc) is 2.60. The quantitative estimate of drug-likeness (QED) is 0.818. The van der Waals surface area contributed by atoms with Gasteiger partial charge in [-0.2, -0.15) is 0 Å². The second kappa shape index (κ2) is 4.72. The monoisotopic (exact) mass is 235 g/mol. The fourth-order valence-electron chi connectivity index (χ4n) is 2.63. The zero-order chi connectivity index (χ0) is 12.5. The Bertz CT molecular complexity index is 364. The van der Waals surface area contributed by atoms with Gasteiger partial charge in [0.1, 0.15) is 0 Å². The van der Waals surface area contributed by atoms with E-state index in [1.54, 1.807) is 12.4 Å². The molecule has 0 aliphatic carbocycles. The number of pyridine rings is 1. The molecular weight excluding hydrogens is 214 g/mol. The van der Waals surface area contributed by atoms with Crippen molar-refractivity contribution in [2.75, 3.05) is 13.1 Å². The topological polar surface area (TPSA) is 62.4 Å². The van der Waals surface area contributed by atoms with E-state index < -0.39 is 5.60 Å². The van der Waals surface area contributed by atoms with Gasteiger partial charge >= 0.3 is 0 Å². The maximum absolute atomic E-state index is 10.0. The minimum Gasteiger partial charge on any atom is -0.389 e. The van der Waals surface area contributed by atoms with Gasteiger partial charge in [0.25, 0.3) is 0 Å². The standard InChI is InChI=1S/C13H21N3O/c1-10(14)12(11-3-6-15-7-4-11)16-8-5-13(2,17)9-16/h3-4,6-7,10,12,17H,5,8-9,14H2,1-2H3. The molecule has 1 aromatic heterocycles. The fourth-order valence-corrected chi connectivity index (χ4v) is 2.63. The summed E-state index contributed by atoms with van der Waals surface area (Å²) in [6.45, 7) is 5.47. The van der Waals surface area contributed by atoms with Crippen LogP contribution in [0.3, 0.4) is 0 Å². The molecule has 1 saturated heterocycles. The number of β-amino-alcohol motifs (C(OH)–C–C–N with tert-alkyl or cyclic N) is 1. The summed E-state index contributed by atoms with van der Waals surface area (Å²) in [7, 11) is 0. The smallest absolute Gasteiger partial charge is 0.0758 e. The van der Waals surface area contributed by atoms with Crippen molar-refractivity contribution in [3.63, 3.8) is 0 Å². The Kier molecular flexibility index (Phi) is 3.47. The number of nitrogens with zero attached hydrogens (tertiary/aromatic N) is 2. The Morgan fingerprint density at radius 3 is 2.59 bits per heavy atom.